The van der Waals surface area contributed by atoms with Gasteiger partial charge in [0.1, 0.15) is 17.2 Å². The second kappa shape index (κ2) is 9.45. The van der Waals surface area contributed by atoms with Gasteiger partial charge < -0.3 is 28.4 Å². The molecule has 1 fully saturated rings. The molecule has 4 rings (SSSR count). The Morgan fingerprint density at radius 1 is 0.900 bits per heavy atom. The summed E-state index contributed by atoms with van der Waals surface area (Å²) in [6, 6.07) is 9.84. The predicted molar refractivity (Wildman–Crippen MR) is 112 cm³/mol. The Bertz CT molecular complexity index is 865. The molecule has 2 aromatic carbocycles. The summed E-state index contributed by atoms with van der Waals surface area (Å²) in [5.41, 5.74) is 2.14. The number of nitrogens with zero attached hydrogens (tertiary/aromatic N) is 1. The van der Waals surface area contributed by atoms with E-state index in [1.54, 1.807) is 21.3 Å². The molecule has 2 aliphatic heterocycles. The molecule has 2 aromatic rings. The summed E-state index contributed by atoms with van der Waals surface area (Å²) in [5.74, 6) is 3.85. The molecule has 2 heterocycles. The van der Waals surface area contributed by atoms with Gasteiger partial charge >= 0.3 is 0 Å². The molecule has 7 heteroatoms. The lowest BCUT2D eigenvalue weighted by atomic mass is 10.1. The molecule has 7 nitrogen and oxygen atoms in total. The summed E-state index contributed by atoms with van der Waals surface area (Å²) in [4.78, 5) is 2.36. The van der Waals surface area contributed by atoms with Gasteiger partial charge in [-0.2, -0.15) is 0 Å². The fourth-order valence-electron chi connectivity index (χ4n) is 4.00. The molecule has 2 aliphatic rings. The first-order valence-electron chi connectivity index (χ1n) is 10.2. The maximum atomic E-state index is 5.91. The third kappa shape index (κ3) is 4.57. The van der Waals surface area contributed by atoms with E-state index in [4.69, 9.17) is 28.4 Å². The maximum absolute atomic E-state index is 5.91. The van der Waals surface area contributed by atoms with E-state index in [1.165, 1.54) is 0 Å². The molecule has 162 valence electrons. The summed E-state index contributed by atoms with van der Waals surface area (Å²) in [7, 11) is 5.02. The first-order valence-corrected chi connectivity index (χ1v) is 10.2. The van der Waals surface area contributed by atoms with Crippen molar-refractivity contribution in [3.8, 4) is 28.7 Å². The van der Waals surface area contributed by atoms with E-state index in [-0.39, 0.29) is 12.9 Å². The fraction of sp³-hybridized carbons (Fsp3) is 0.478. The van der Waals surface area contributed by atoms with Crippen LogP contribution in [0.25, 0.3) is 0 Å². The highest BCUT2D eigenvalue weighted by Crippen LogP contribution is 2.39. The Hall–Kier alpha value is -2.64. The lowest BCUT2D eigenvalue weighted by Crippen LogP contribution is -2.31. The molecule has 0 amide bonds. The van der Waals surface area contributed by atoms with Crippen LogP contribution in [0.5, 0.6) is 28.7 Å². The average molecular weight is 415 g/mol. The van der Waals surface area contributed by atoms with Gasteiger partial charge in [-0.1, -0.05) is 6.07 Å². The molecule has 0 N–H and O–H groups in total. The highest BCUT2D eigenvalue weighted by molar-refractivity contribution is 5.52. The molecular weight excluding hydrogens is 386 g/mol. The van der Waals surface area contributed by atoms with Crippen molar-refractivity contribution in [2.45, 2.75) is 32.0 Å². The highest BCUT2D eigenvalue weighted by atomic mass is 16.7. The quantitative estimate of drug-likeness (QED) is 0.620. The number of ether oxygens (including phenoxy) is 6. The topological polar surface area (TPSA) is 58.6 Å². The largest absolute Gasteiger partial charge is 0.497 e. The van der Waals surface area contributed by atoms with Gasteiger partial charge in [0.25, 0.3) is 0 Å². The first kappa shape index (κ1) is 20.6. The molecule has 0 aliphatic carbocycles. The second-order valence-corrected chi connectivity index (χ2v) is 7.50. The van der Waals surface area contributed by atoms with Gasteiger partial charge in [0, 0.05) is 49.5 Å². The minimum atomic E-state index is 0.231. The first-order chi connectivity index (χ1) is 14.7. The summed E-state index contributed by atoms with van der Waals surface area (Å²) in [6.07, 6.45) is 2.42. The Morgan fingerprint density at radius 3 is 2.33 bits per heavy atom. The Kier molecular flexibility index (Phi) is 6.50. The van der Waals surface area contributed by atoms with E-state index in [9.17, 15) is 0 Å². The van der Waals surface area contributed by atoms with Gasteiger partial charge in [-0.25, -0.2) is 0 Å². The molecule has 1 unspecified atom stereocenters. The van der Waals surface area contributed by atoms with E-state index in [2.05, 4.69) is 11.0 Å². The predicted octanol–water partition coefficient (Wildman–Crippen LogP) is 3.62. The number of hydrogen-bond acceptors (Lipinski definition) is 7. The van der Waals surface area contributed by atoms with Crippen molar-refractivity contribution >= 4 is 0 Å². The zero-order valence-electron chi connectivity index (χ0n) is 17.8. The molecular formula is C23H29NO6. The molecule has 0 saturated carbocycles. The van der Waals surface area contributed by atoms with Crippen LogP contribution in [-0.4, -0.2) is 52.3 Å². The van der Waals surface area contributed by atoms with Gasteiger partial charge in [-0.15, -0.1) is 0 Å². The smallest absolute Gasteiger partial charge is 0.231 e. The third-order valence-corrected chi connectivity index (χ3v) is 5.54. The minimum Gasteiger partial charge on any atom is -0.497 e. The van der Waals surface area contributed by atoms with Crippen molar-refractivity contribution in [1.29, 1.82) is 0 Å². The number of methoxy groups -OCH3 is 3. The van der Waals surface area contributed by atoms with Gasteiger partial charge in [-0.3, -0.25) is 4.90 Å². The molecule has 0 radical (unpaired) electrons. The summed E-state index contributed by atoms with van der Waals surface area (Å²) >= 11 is 0. The standard InChI is InChI=1S/C23H29NO6/c1-25-18-7-6-16(20(10-18)26-2)12-24(14-19-5-4-8-28-19)13-17-9-22-23(30-15-29-22)11-21(17)27-3/h6-7,9-11,19H,4-5,8,12-15H2,1-3H3. The SMILES string of the molecule is COc1ccc(CN(Cc2cc3c(cc2OC)OCO3)CC2CCCO2)c(OC)c1. The van der Waals surface area contributed by atoms with Crippen LogP contribution in [0.2, 0.25) is 0 Å². The number of benzene rings is 2. The van der Waals surface area contributed by atoms with Crippen LogP contribution < -0.4 is 23.7 Å². The monoisotopic (exact) mass is 415 g/mol. The average Bonchev–Trinajstić information content (AvgIpc) is 3.44. The van der Waals surface area contributed by atoms with E-state index in [1.807, 2.05) is 24.3 Å². The molecule has 0 aromatic heterocycles. The van der Waals surface area contributed by atoms with Crippen LogP contribution in [0.1, 0.15) is 24.0 Å². The summed E-state index contributed by atoms with van der Waals surface area (Å²) < 4.78 is 33.6. The van der Waals surface area contributed by atoms with Crippen molar-refractivity contribution < 1.29 is 28.4 Å². The molecule has 0 spiro atoms. The molecule has 0 bridgehead atoms. The van der Waals surface area contributed by atoms with Crippen LogP contribution in [0.15, 0.2) is 30.3 Å². The maximum Gasteiger partial charge on any atom is 0.231 e. The van der Waals surface area contributed by atoms with Crippen LogP contribution in [0.4, 0.5) is 0 Å². The Labute approximate surface area is 177 Å². The Morgan fingerprint density at radius 2 is 1.63 bits per heavy atom. The van der Waals surface area contributed by atoms with Crippen LogP contribution in [0, 0.1) is 0 Å². The lowest BCUT2D eigenvalue weighted by molar-refractivity contribution is 0.0673. The van der Waals surface area contributed by atoms with E-state index >= 15 is 0 Å². The van der Waals surface area contributed by atoms with E-state index < -0.39 is 0 Å². The zero-order chi connectivity index (χ0) is 20.9. The number of fused-ring (bicyclic) bond motifs is 1. The lowest BCUT2D eigenvalue weighted by Gasteiger charge is -2.27. The summed E-state index contributed by atoms with van der Waals surface area (Å²) in [5, 5.41) is 0. The molecule has 1 atom stereocenters. The van der Waals surface area contributed by atoms with Crippen molar-refractivity contribution in [2.75, 3.05) is 41.3 Å². The Balaban J connectivity index is 1.59. The van der Waals surface area contributed by atoms with Crippen molar-refractivity contribution in [3.05, 3.63) is 41.5 Å². The van der Waals surface area contributed by atoms with Crippen molar-refractivity contribution in [1.82, 2.24) is 4.90 Å². The van der Waals surface area contributed by atoms with Gasteiger partial charge in [0.05, 0.1) is 27.4 Å². The van der Waals surface area contributed by atoms with Gasteiger partial charge in [0.2, 0.25) is 6.79 Å². The van der Waals surface area contributed by atoms with Crippen molar-refractivity contribution in [2.24, 2.45) is 0 Å². The van der Waals surface area contributed by atoms with E-state index in [0.29, 0.717) is 13.1 Å². The van der Waals surface area contributed by atoms with Crippen LogP contribution in [-0.2, 0) is 17.8 Å². The number of hydrogen-bond donors (Lipinski definition) is 0. The van der Waals surface area contributed by atoms with Crippen LogP contribution in [0.3, 0.4) is 0 Å². The normalized spacial score (nSPS) is 17.4. The number of rotatable bonds is 9. The third-order valence-electron chi connectivity index (χ3n) is 5.54. The minimum absolute atomic E-state index is 0.231. The zero-order valence-corrected chi connectivity index (χ0v) is 17.8. The molecule has 30 heavy (non-hydrogen) atoms. The highest BCUT2D eigenvalue weighted by Gasteiger charge is 2.24. The van der Waals surface area contributed by atoms with E-state index in [0.717, 1.165) is 65.9 Å². The molecule has 1 saturated heterocycles. The summed E-state index contributed by atoms with van der Waals surface area (Å²) in [6.45, 7) is 3.30. The van der Waals surface area contributed by atoms with Gasteiger partial charge in [0.15, 0.2) is 11.5 Å². The fourth-order valence-corrected chi connectivity index (χ4v) is 4.00. The van der Waals surface area contributed by atoms with Gasteiger partial charge in [-0.05, 0) is 25.0 Å². The van der Waals surface area contributed by atoms with Crippen molar-refractivity contribution in [3.63, 3.8) is 0 Å². The second-order valence-electron chi connectivity index (χ2n) is 7.50. The van der Waals surface area contributed by atoms with Crippen LogP contribution >= 0.6 is 0 Å².